The molecule has 9 aromatic heterocycles. The van der Waals surface area contributed by atoms with Crippen molar-refractivity contribution < 1.29 is 25.3 Å². The average molecular weight is 1430 g/mol. The number of alkyl halides is 1. The van der Waals surface area contributed by atoms with Crippen molar-refractivity contribution in [3.05, 3.63) is 273 Å². The predicted octanol–water partition coefficient (Wildman–Crippen LogP) is 15.3. The Morgan fingerprint density at radius 1 is 0.458 bits per heavy atom. The summed E-state index contributed by atoms with van der Waals surface area (Å²) < 4.78 is 15.5. The molecule has 0 unspecified atom stereocenters. The van der Waals surface area contributed by atoms with Gasteiger partial charge in [0, 0.05) is 125 Å². The Bertz CT molecular complexity index is 4630. The van der Waals surface area contributed by atoms with Crippen LogP contribution in [0.25, 0.3) is 32.7 Å². The summed E-state index contributed by atoms with van der Waals surface area (Å²) in [7, 11) is -1.00. The number of carbonyl (C=O) groups excluding carboxylic acids is 2. The molecule has 96 heavy (non-hydrogen) atoms. The van der Waals surface area contributed by atoms with E-state index in [1.807, 2.05) is 75.4 Å². The van der Waals surface area contributed by atoms with Crippen LogP contribution in [0.3, 0.4) is 0 Å². The molecule has 27 heteroatoms. The van der Waals surface area contributed by atoms with E-state index < -0.39 is 13.1 Å². The summed E-state index contributed by atoms with van der Waals surface area (Å²) in [6.45, 7) is 6.28. The highest BCUT2D eigenvalue weighted by atomic mass is 35.5. The fourth-order valence-corrected chi connectivity index (χ4v) is 10.9. The molecule has 3 aromatic carbocycles. The van der Waals surface area contributed by atoms with Crippen LogP contribution >= 0.6 is 82.0 Å². The Morgan fingerprint density at radius 3 is 1.10 bits per heavy atom. The lowest BCUT2D eigenvalue weighted by Gasteiger charge is -2.09. The number of fused-ring (bicyclic) bond motifs is 3. The zero-order chi connectivity index (χ0) is 69.2. The Hall–Kier alpha value is -9.64. The minimum absolute atomic E-state index is 0. The van der Waals surface area contributed by atoms with E-state index in [0.717, 1.165) is 72.4 Å². The molecule has 0 aliphatic heterocycles. The van der Waals surface area contributed by atoms with Crippen molar-refractivity contribution in [2.24, 2.45) is 0 Å². The van der Waals surface area contributed by atoms with E-state index in [9.17, 15) is 18.8 Å². The summed E-state index contributed by atoms with van der Waals surface area (Å²) in [5.74, 6) is 0.0778. The monoisotopic (exact) mass is 1430 g/mol. The van der Waals surface area contributed by atoms with Crippen LogP contribution in [0, 0.1) is 20.8 Å². The molecule has 0 saturated heterocycles. The first-order chi connectivity index (χ1) is 45.9. The molecule has 0 fully saturated rings. The van der Waals surface area contributed by atoms with Gasteiger partial charge in [-0.05, 0) is 164 Å². The molecular weight excluding hydrogens is 1370 g/mol. The largest absolute Gasteiger partial charge is 0.478 e. The van der Waals surface area contributed by atoms with Gasteiger partial charge in [-0.15, -0.1) is 12.4 Å². The van der Waals surface area contributed by atoms with E-state index in [1.165, 1.54) is 12.3 Å². The van der Waals surface area contributed by atoms with Crippen LogP contribution in [0.4, 0.5) is 27.5 Å². The van der Waals surface area contributed by atoms with Gasteiger partial charge in [0.15, 0.2) is 0 Å². The molecular formula is C69H61Cl7FN15O4. The van der Waals surface area contributed by atoms with E-state index in [-0.39, 0.29) is 29.8 Å². The Balaban J connectivity index is 0.000000190. The van der Waals surface area contributed by atoms with Gasteiger partial charge in [-0.25, -0.2) is 19.7 Å². The van der Waals surface area contributed by atoms with Gasteiger partial charge in [0.25, 0.3) is 11.8 Å². The maximum Gasteiger partial charge on any atom is 0.335 e. The summed E-state index contributed by atoms with van der Waals surface area (Å²) in [4.78, 5) is 74.4. The first kappa shape index (κ1) is 72.2. The second-order valence-corrected chi connectivity index (χ2v) is 23.6. The van der Waals surface area contributed by atoms with Gasteiger partial charge < -0.3 is 38.7 Å². The first-order valence-corrected chi connectivity index (χ1v) is 30.8. The number of aromatic nitrogens is 9. The van der Waals surface area contributed by atoms with Crippen LogP contribution in [-0.4, -0.2) is 74.9 Å². The van der Waals surface area contributed by atoms with Gasteiger partial charge in [-0.1, -0.05) is 81.7 Å². The number of aromatic carboxylic acids is 1. The minimum Gasteiger partial charge on any atom is -0.478 e. The number of nitrogens with zero attached hydrogens (tertiary/aromatic N) is 9. The quantitative estimate of drug-likeness (QED) is 0.0564. The number of halogens is 8. The number of rotatable bonds is 13. The van der Waals surface area contributed by atoms with Gasteiger partial charge in [-0.2, -0.15) is 0 Å². The van der Waals surface area contributed by atoms with Crippen molar-refractivity contribution in [2.45, 2.75) is 53.1 Å². The maximum atomic E-state index is 12.6. The summed E-state index contributed by atoms with van der Waals surface area (Å²) in [6.07, 6.45) is 10.9. The first-order valence-electron chi connectivity index (χ1n) is 29.3. The van der Waals surface area contributed by atoms with Crippen LogP contribution < -0.4 is 33.6 Å². The van der Waals surface area contributed by atoms with Crippen molar-refractivity contribution in [1.82, 2.24) is 55.5 Å². The SMILES string of the molecule is Cc1nc(N)ccc1CNC(=O)c1ccnc(Cc2cc(Cl)c3ncc(Cl)cc3c2)c1.Cc1nc(N)ccc1CNC(=O)c1ccnc(Cc2cc(Cl)c3ncc(Cl)cc3c2)c1.Cc1nc(N)ccc1N.Cl.O=C(O)c1ccnc(Cc2cc(Cl)c3ncc(Cl)cc3c2)c1.[2H]CF. The highest BCUT2D eigenvalue weighted by Crippen LogP contribution is 2.30. The van der Waals surface area contributed by atoms with Gasteiger partial charge in [0.05, 0.1) is 72.2 Å². The van der Waals surface area contributed by atoms with Crippen LogP contribution in [-0.2, 0) is 32.4 Å². The second kappa shape index (κ2) is 34.7. The molecule has 2 amide bonds. The van der Waals surface area contributed by atoms with Gasteiger partial charge in [0.2, 0.25) is 0 Å². The molecule has 12 rings (SSSR count). The molecule has 0 aliphatic carbocycles. The smallest absolute Gasteiger partial charge is 0.335 e. The van der Waals surface area contributed by atoms with Crippen LogP contribution in [0.5, 0.6) is 0 Å². The Morgan fingerprint density at radius 2 is 0.781 bits per heavy atom. The molecule has 0 saturated carbocycles. The van der Waals surface area contributed by atoms with Crippen molar-refractivity contribution in [3.63, 3.8) is 0 Å². The van der Waals surface area contributed by atoms with Crippen molar-refractivity contribution in [3.8, 4) is 0 Å². The number of anilines is 4. The van der Waals surface area contributed by atoms with Crippen molar-refractivity contribution >= 4 is 156 Å². The molecule has 9 heterocycles. The highest BCUT2D eigenvalue weighted by molar-refractivity contribution is 6.37. The molecule has 0 bridgehead atoms. The number of carboxylic acid groups (broad SMARTS) is 1. The third kappa shape index (κ3) is 20.7. The number of aryl methyl sites for hydroxylation is 3. The zero-order valence-electron chi connectivity index (χ0n) is 52.4. The number of nitrogen functional groups attached to an aromatic ring is 4. The van der Waals surface area contributed by atoms with Crippen LogP contribution in [0.1, 0.15) is 94.4 Å². The van der Waals surface area contributed by atoms with Crippen molar-refractivity contribution in [2.75, 3.05) is 30.1 Å². The Labute approximate surface area is 589 Å². The average Bonchev–Trinajstić information content (AvgIpc) is 0.835. The third-order valence-electron chi connectivity index (χ3n) is 14.1. The Kier molecular flexibility index (Phi) is 26.1. The number of carboxylic acids is 1. The summed E-state index contributed by atoms with van der Waals surface area (Å²) in [5, 5.41) is 20.6. The molecule has 0 atom stereocenters. The van der Waals surface area contributed by atoms with Crippen LogP contribution in [0.2, 0.25) is 30.1 Å². The van der Waals surface area contributed by atoms with Gasteiger partial charge in [0.1, 0.15) is 17.5 Å². The lowest BCUT2D eigenvalue weighted by Crippen LogP contribution is -2.23. The van der Waals surface area contributed by atoms with Gasteiger partial charge in [-0.3, -0.25) is 43.9 Å². The topological polar surface area (TPSA) is 316 Å². The van der Waals surface area contributed by atoms with E-state index in [4.69, 9.17) is 99.0 Å². The fraction of sp³-hybridized carbons (Fsp3) is 0.130. The fourth-order valence-electron chi connectivity index (χ4n) is 9.52. The summed E-state index contributed by atoms with van der Waals surface area (Å²) in [6, 6.07) is 37.4. The van der Waals surface area contributed by atoms with E-state index in [1.54, 1.807) is 97.7 Å². The molecule has 492 valence electrons. The standard InChI is InChI=1S/2C23H19Cl2N5O.C16H10Cl2N2O2.C6H9N3.CH3F.ClH/c2*1-13-16(2-3-21(26)30-13)11-29-23(31)15-4-5-27-19(10-15)7-14-6-17-9-18(24)12-28-22(17)20(25)8-14;17-12-6-11-3-9(5-14(18)15(11)20-8-12)4-13-7-10(16(21)22)1-2-19-13;1-4-5(7)2-3-6(8)9-4;1-2;/h2*2-6,8-10,12H,7,11H2,1H3,(H2,26,30)(H,29,31);1-3,5-8H,4H2,(H,21,22);2-3H,7H2,1H3,(H2,8,9);1H3;1H/i;;;;1D;. The maximum absolute atomic E-state index is 12.6. The number of carbonyl (C=O) groups is 3. The van der Waals surface area contributed by atoms with Crippen LogP contribution in [0.15, 0.2) is 165 Å². The number of benzene rings is 3. The molecule has 0 spiro atoms. The van der Waals surface area contributed by atoms with E-state index in [0.29, 0.717) is 119 Å². The molecule has 0 radical (unpaired) electrons. The zero-order valence-corrected chi connectivity index (χ0v) is 56.7. The van der Waals surface area contributed by atoms with Crippen molar-refractivity contribution in [1.29, 1.82) is 0 Å². The molecule has 12 aromatic rings. The number of nitrogens with one attached hydrogen (secondary N) is 2. The van der Waals surface area contributed by atoms with Gasteiger partial charge >= 0.3 is 5.97 Å². The molecule has 11 N–H and O–H groups in total. The number of amides is 2. The van der Waals surface area contributed by atoms with E-state index >= 15 is 0 Å². The third-order valence-corrected chi connectivity index (χ3v) is 15.6. The lowest BCUT2D eigenvalue weighted by atomic mass is 10.0. The highest BCUT2D eigenvalue weighted by Gasteiger charge is 2.15. The summed E-state index contributed by atoms with van der Waals surface area (Å²) in [5.41, 5.74) is 35.4. The molecule has 0 aliphatic rings. The number of hydrogen-bond donors (Lipinski definition) is 7. The second-order valence-electron chi connectivity index (χ2n) is 21.1. The predicted molar refractivity (Wildman–Crippen MR) is 385 cm³/mol. The number of pyridine rings is 9. The minimum atomic E-state index is -1.00. The summed E-state index contributed by atoms with van der Waals surface area (Å²) >= 11 is 37.1. The lowest BCUT2D eigenvalue weighted by molar-refractivity contribution is 0.0696. The van der Waals surface area contributed by atoms with E-state index in [2.05, 4.69) is 55.5 Å². The number of nitrogens with two attached hydrogens (primary N) is 4. The molecule has 19 nitrogen and oxygen atoms in total. The number of hydrogen-bond acceptors (Lipinski definition) is 16. The normalized spacial score (nSPS) is 10.6.